The van der Waals surface area contributed by atoms with E-state index in [1.54, 1.807) is 24.3 Å². The van der Waals surface area contributed by atoms with Gasteiger partial charge in [-0.2, -0.15) is 5.10 Å². The molecule has 0 radical (unpaired) electrons. The number of carbonyl (C=O) groups is 1. The van der Waals surface area contributed by atoms with Crippen molar-refractivity contribution in [1.29, 1.82) is 0 Å². The van der Waals surface area contributed by atoms with Crippen molar-refractivity contribution in [2.45, 2.75) is 31.9 Å². The lowest BCUT2D eigenvalue weighted by Crippen LogP contribution is -2.45. The first-order chi connectivity index (χ1) is 10.4. The molecule has 3 unspecified atom stereocenters. The predicted octanol–water partition coefficient (Wildman–Crippen LogP) is 2.49. The summed E-state index contributed by atoms with van der Waals surface area (Å²) < 4.78 is 1.49. The number of nitrogens with zero attached hydrogens (tertiary/aromatic N) is 3. The zero-order valence-corrected chi connectivity index (χ0v) is 13.1. The molecule has 1 heterocycles. The summed E-state index contributed by atoms with van der Waals surface area (Å²) in [4.78, 5) is 15.4. The lowest BCUT2D eigenvalue weighted by atomic mass is 9.75. The molecular formula is C15H18ClN3O3. The van der Waals surface area contributed by atoms with Crippen LogP contribution in [0.3, 0.4) is 0 Å². The van der Waals surface area contributed by atoms with Crippen LogP contribution >= 0.6 is 11.6 Å². The van der Waals surface area contributed by atoms with Crippen LogP contribution in [-0.2, 0) is 10.4 Å². The second kappa shape index (κ2) is 6.46. The highest BCUT2D eigenvalue weighted by molar-refractivity contribution is 6.30. The number of hydrogen-bond acceptors (Lipinski definition) is 4. The van der Waals surface area contributed by atoms with E-state index in [2.05, 4.69) is 10.1 Å². The monoisotopic (exact) mass is 323 g/mol. The van der Waals surface area contributed by atoms with Crippen LogP contribution in [0.4, 0.5) is 0 Å². The van der Waals surface area contributed by atoms with E-state index in [0.717, 1.165) is 0 Å². The third-order valence-electron chi connectivity index (χ3n) is 3.99. The Morgan fingerprint density at radius 1 is 1.41 bits per heavy atom. The zero-order chi connectivity index (χ0) is 16.3. The van der Waals surface area contributed by atoms with Gasteiger partial charge >= 0.3 is 5.97 Å². The molecule has 0 saturated heterocycles. The van der Waals surface area contributed by atoms with E-state index in [-0.39, 0.29) is 0 Å². The number of rotatable bonds is 6. The quantitative estimate of drug-likeness (QED) is 0.852. The Labute approximate surface area is 133 Å². The fraction of sp³-hybridized carbons (Fsp3) is 0.400. The van der Waals surface area contributed by atoms with Crippen molar-refractivity contribution in [3.63, 3.8) is 0 Å². The van der Waals surface area contributed by atoms with Crippen LogP contribution < -0.4 is 0 Å². The fourth-order valence-electron chi connectivity index (χ4n) is 2.71. The van der Waals surface area contributed by atoms with Crippen molar-refractivity contribution in [2.24, 2.45) is 5.92 Å². The number of aromatic nitrogens is 3. The molecule has 2 rings (SSSR count). The minimum atomic E-state index is -1.64. The van der Waals surface area contributed by atoms with Crippen LogP contribution in [-0.4, -0.2) is 30.9 Å². The first-order valence-corrected chi connectivity index (χ1v) is 7.34. The van der Waals surface area contributed by atoms with Gasteiger partial charge in [0.05, 0.1) is 12.0 Å². The molecule has 0 aliphatic carbocycles. The summed E-state index contributed by atoms with van der Waals surface area (Å²) in [5, 5.41) is 25.4. The second-order valence-electron chi connectivity index (χ2n) is 5.19. The van der Waals surface area contributed by atoms with Gasteiger partial charge in [0.25, 0.3) is 0 Å². The van der Waals surface area contributed by atoms with Crippen molar-refractivity contribution in [3.8, 4) is 0 Å². The van der Waals surface area contributed by atoms with Gasteiger partial charge in [0.15, 0.2) is 0 Å². The van der Waals surface area contributed by atoms with Crippen LogP contribution in [0, 0.1) is 5.92 Å². The number of hydrogen-bond donors (Lipinski definition) is 2. The molecule has 0 fully saturated rings. The topological polar surface area (TPSA) is 88.2 Å². The summed E-state index contributed by atoms with van der Waals surface area (Å²) in [6.45, 7) is 3.35. The van der Waals surface area contributed by atoms with Gasteiger partial charge in [-0.3, -0.25) is 4.79 Å². The lowest BCUT2D eigenvalue weighted by Gasteiger charge is -2.39. The van der Waals surface area contributed by atoms with Crippen molar-refractivity contribution in [2.75, 3.05) is 0 Å². The molecular weight excluding hydrogens is 306 g/mol. The molecule has 0 aliphatic rings. The third-order valence-corrected chi connectivity index (χ3v) is 4.24. The van der Waals surface area contributed by atoms with Gasteiger partial charge in [0.2, 0.25) is 0 Å². The molecule has 2 aromatic rings. The van der Waals surface area contributed by atoms with Crippen LogP contribution in [0.1, 0.15) is 31.9 Å². The Bertz CT molecular complexity index is 630. The van der Waals surface area contributed by atoms with Crippen molar-refractivity contribution in [3.05, 3.63) is 47.5 Å². The van der Waals surface area contributed by atoms with Crippen molar-refractivity contribution >= 4 is 17.6 Å². The first-order valence-electron chi connectivity index (χ1n) is 6.96. The summed E-state index contributed by atoms with van der Waals surface area (Å²) in [6.07, 6.45) is 3.32. The molecule has 1 aromatic carbocycles. The molecule has 2 N–H and O–H groups in total. The smallest absolute Gasteiger partial charge is 0.309 e. The molecule has 1 aromatic heterocycles. The summed E-state index contributed by atoms with van der Waals surface area (Å²) in [5.74, 6) is -2.13. The minimum Gasteiger partial charge on any atom is -0.481 e. The van der Waals surface area contributed by atoms with Crippen LogP contribution in [0.2, 0.25) is 5.02 Å². The normalized spacial score (nSPS) is 16.7. The Balaban J connectivity index is 2.58. The largest absolute Gasteiger partial charge is 0.481 e. The Kier molecular flexibility index (Phi) is 4.83. The molecule has 0 aliphatic heterocycles. The van der Waals surface area contributed by atoms with E-state index >= 15 is 0 Å². The molecule has 22 heavy (non-hydrogen) atoms. The van der Waals surface area contributed by atoms with Gasteiger partial charge in [-0.15, -0.1) is 0 Å². The minimum absolute atomic E-state index is 0.481. The predicted molar refractivity (Wildman–Crippen MR) is 81.5 cm³/mol. The maximum absolute atomic E-state index is 11.5. The third kappa shape index (κ3) is 2.84. The van der Waals surface area contributed by atoms with Crippen LogP contribution in [0.15, 0.2) is 36.9 Å². The highest BCUT2D eigenvalue weighted by Gasteiger charge is 2.47. The molecule has 7 heteroatoms. The van der Waals surface area contributed by atoms with Crippen molar-refractivity contribution < 1.29 is 15.0 Å². The summed E-state index contributed by atoms with van der Waals surface area (Å²) >= 11 is 5.89. The highest BCUT2D eigenvalue weighted by Crippen LogP contribution is 2.41. The second-order valence-corrected chi connectivity index (χ2v) is 5.63. The first kappa shape index (κ1) is 16.5. The number of aliphatic carboxylic acids is 1. The van der Waals surface area contributed by atoms with E-state index in [1.807, 2.05) is 6.92 Å². The highest BCUT2D eigenvalue weighted by atomic mass is 35.5. The van der Waals surface area contributed by atoms with E-state index in [1.165, 1.54) is 24.3 Å². The molecule has 0 spiro atoms. The van der Waals surface area contributed by atoms with Gasteiger partial charge in [-0.25, -0.2) is 9.67 Å². The molecule has 3 atom stereocenters. The molecule has 0 amide bonds. The average molecular weight is 324 g/mol. The maximum Gasteiger partial charge on any atom is 0.309 e. The molecule has 118 valence electrons. The number of aliphatic hydroxyl groups is 1. The lowest BCUT2D eigenvalue weighted by molar-refractivity contribution is -0.157. The summed E-state index contributed by atoms with van der Waals surface area (Å²) in [6, 6.07) is 5.97. The van der Waals surface area contributed by atoms with Gasteiger partial charge in [-0.1, -0.05) is 30.7 Å². The van der Waals surface area contributed by atoms with E-state index in [9.17, 15) is 15.0 Å². The Hall–Kier alpha value is -1.92. The number of halogens is 1. The van der Waals surface area contributed by atoms with E-state index in [0.29, 0.717) is 17.0 Å². The SMILES string of the molecule is CCC(n1cncn1)C(O)(c1ccc(Cl)cc1)C(C)C(=O)O. The number of carboxylic acid groups (broad SMARTS) is 1. The fourth-order valence-corrected chi connectivity index (χ4v) is 2.84. The van der Waals surface area contributed by atoms with Gasteiger partial charge in [0.1, 0.15) is 18.3 Å². The van der Waals surface area contributed by atoms with Gasteiger partial charge < -0.3 is 10.2 Å². The van der Waals surface area contributed by atoms with Crippen LogP contribution in [0.5, 0.6) is 0 Å². The molecule has 6 nitrogen and oxygen atoms in total. The van der Waals surface area contributed by atoms with Crippen molar-refractivity contribution in [1.82, 2.24) is 14.8 Å². The standard InChI is InChI=1S/C15H18ClN3O3/c1-3-13(19-9-17-8-18-19)15(22,10(2)14(20)21)11-4-6-12(16)7-5-11/h4-10,13,22H,3H2,1-2H3,(H,20,21). The summed E-state index contributed by atoms with van der Waals surface area (Å²) in [7, 11) is 0. The van der Waals surface area contributed by atoms with E-state index in [4.69, 9.17) is 11.6 Å². The Morgan fingerprint density at radius 3 is 2.50 bits per heavy atom. The van der Waals surface area contributed by atoms with Gasteiger partial charge in [-0.05, 0) is 31.0 Å². The molecule has 0 bridgehead atoms. The average Bonchev–Trinajstić information content (AvgIpc) is 3.01. The maximum atomic E-state index is 11.5. The van der Waals surface area contributed by atoms with E-state index < -0.39 is 23.5 Å². The zero-order valence-electron chi connectivity index (χ0n) is 12.3. The Morgan fingerprint density at radius 2 is 2.05 bits per heavy atom. The van der Waals surface area contributed by atoms with Gasteiger partial charge in [0, 0.05) is 5.02 Å². The molecule has 0 saturated carbocycles. The number of carboxylic acids is 1. The number of benzene rings is 1. The van der Waals surface area contributed by atoms with Crippen LogP contribution in [0.25, 0.3) is 0 Å². The summed E-state index contributed by atoms with van der Waals surface area (Å²) in [5.41, 5.74) is -1.16.